The van der Waals surface area contributed by atoms with Crippen LogP contribution in [0.15, 0.2) is 0 Å². The number of aliphatic carboxylic acids is 2. The van der Waals surface area contributed by atoms with E-state index in [0.717, 1.165) is 12.8 Å². The third kappa shape index (κ3) is 2.99. The van der Waals surface area contributed by atoms with Gasteiger partial charge in [0, 0.05) is 23.3 Å². The summed E-state index contributed by atoms with van der Waals surface area (Å²) < 4.78 is 0. The van der Waals surface area contributed by atoms with E-state index in [1.165, 1.54) is 0 Å². The third-order valence-corrected chi connectivity index (χ3v) is 5.91. The maximum absolute atomic E-state index is 11.7. The predicted molar refractivity (Wildman–Crippen MR) is 74.4 cm³/mol. The van der Waals surface area contributed by atoms with Crippen LogP contribution < -0.4 is 10.2 Å². The van der Waals surface area contributed by atoms with E-state index in [-0.39, 0.29) is 0 Å². The van der Waals surface area contributed by atoms with E-state index < -0.39 is 34.1 Å². The second-order valence-electron chi connectivity index (χ2n) is 7.11. The van der Waals surface area contributed by atoms with Crippen molar-refractivity contribution in [2.75, 3.05) is 0 Å². The van der Waals surface area contributed by atoms with Crippen molar-refractivity contribution in [1.29, 1.82) is 0 Å². The largest absolute Gasteiger partial charge is 0.550 e. The van der Waals surface area contributed by atoms with Gasteiger partial charge in [0.05, 0.1) is 0 Å². The van der Waals surface area contributed by atoms with Gasteiger partial charge in [-0.2, -0.15) is 0 Å². The molecule has 0 saturated heterocycles. The van der Waals surface area contributed by atoms with Crippen LogP contribution in [0.2, 0.25) is 0 Å². The first kappa shape index (κ1) is 18.9. The molecule has 0 bridgehead atoms. The summed E-state index contributed by atoms with van der Waals surface area (Å²) in [5.74, 6) is -3.02. The molecule has 0 N–H and O–H groups in total. The topological polar surface area (TPSA) is 80.3 Å². The quantitative estimate of drug-likeness (QED) is 0.674. The highest BCUT2D eigenvalue weighted by atomic mass is 16.4. The molecule has 4 heteroatoms. The van der Waals surface area contributed by atoms with Gasteiger partial charge in [0.25, 0.3) is 0 Å². The highest BCUT2D eigenvalue weighted by molar-refractivity contribution is 5.74. The second-order valence-corrected chi connectivity index (χ2v) is 7.11. The number of rotatable bonds is 8. The number of hydrogen-bond acceptors (Lipinski definition) is 4. The van der Waals surface area contributed by atoms with Gasteiger partial charge >= 0.3 is 0 Å². The van der Waals surface area contributed by atoms with Crippen LogP contribution in [0.4, 0.5) is 0 Å². The fourth-order valence-electron chi connectivity index (χ4n) is 2.75. The van der Waals surface area contributed by atoms with E-state index in [1.54, 1.807) is 27.7 Å². The van der Waals surface area contributed by atoms with E-state index in [4.69, 9.17) is 0 Å². The Morgan fingerprint density at radius 2 is 1.50 bits per heavy atom. The lowest BCUT2D eigenvalue weighted by Gasteiger charge is -2.56. The molecule has 0 saturated carbocycles. The Labute approximate surface area is 122 Å². The Morgan fingerprint density at radius 3 is 1.80 bits per heavy atom. The molecule has 0 aliphatic rings. The molecule has 0 radical (unpaired) electrons. The molecule has 20 heavy (non-hydrogen) atoms. The van der Waals surface area contributed by atoms with Crippen LogP contribution in [-0.4, -0.2) is 11.9 Å². The maximum atomic E-state index is 11.7. The van der Waals surface area contributed by atoms with Crippen molar-refractivity contribution in [2.24, 2.45) is 22.2 Å². The molecule has 0 amide bonds. The molecule has 2 atom stereocenters. The third-order valence-electron chi connectivity index (χ3n) is 5.91. The number of unbranched alkanes of at least 4 members (excludes halogenated alkanes) is 1. The molecule has 4 nitrogen and oxygen atoms in total. The fraction of sp³-hybridized carbons (Fsp3) is 0.875. The second kappa shape index (κ2) is 6.15. The molecule has 0 aliphatic carbocycles. The van der Waals surface area contributed by atoms with Crippen molar-refractivity contribution in [2.45, 2.75) is 67.7 Å². The number of carbonyl (C=O) groups is 2. The van der Waals surface area contributed by atoms with Crippen LogP contribution in [0.5, 0.6) is 0 Å². The van der Waals surface area contributed by atoms with Crippen LogP contribution >= 0.6 is 0 Å². The Kier molecular flexibility index (Phi) is 5.82. The number of hydrogen-bond donors (Lipinski definition) is 0. The van der Waals surface area contributed by atoms with Crippen molar-refractivity contribution in [3.05, 3.63) is 0 Å². The zero-order chi connectivity index (χ0) is 16.4. The summed E-state index contributed by atoms with van der Waals surface area (Å²) in [4.78, 5) is 23.0. The lowest BCUT2D eigenvalue weighted by atomic mass is 9.49. The Morgan fingerprint density at radius 1 is 1.05 bits per heavy atom. The van der Waals surface area contributed by atoms with Gasteiger partial charge in [-0.05, 0) is 17.3 Å². The molecule has 118 valence electrons. The summed E-state index contributed by atoms with van der Waals surface area (Å²) in [6, 6.07) is 0. The number of carboxylic acid groups (broad SMARTS) is 2. The van der Waals surface area contributed by atoms with Crippen LogP contribution in [0.1, 0.15) is 67.7 Å². The maximum Gasteiger partial charge on any atom is 0.0479 e. The van der Waals surface area contributed by atoms with Gasteiger partial charge in [-0.3, -0.25) is 0 Å². The summed E-state index contributed by atoms with van der Waals surface area (Å²) in [6.45, 7) is 12.5. The zero-order valence-electron chi connectivity index (χ0n) is 13.8. The molecule has 0 rings (SSSR count). The standard InChI is InChI=1S/C16H30O4/c1-8-9-10-16(7,13(19)20)15(5,6)14(3,4)11(2)12(17)18/h11H,8-10H2,1-7H3,(H,17,18)(H,19,20)/p-2. The molecule has 0 fully saturated rings. The molecule has 2 unspecified atom stereocenters. The van der Waals surface area contributed by atoms with Crippen molar-refractivity contribution in [3.8, 4) is 0 Å². The Bertz CT molecular complexity index is 371. The average molecular weight is 284 g/mol. The summed E-state index contributed by atoms with van der Waals surface area (Å²) in [5.41, 5.74) is -2.59. The molecule has 0 aliphatic heterocycles. The molecule has 0 heterocycles. The lowest BCUT2D eigenvalue weighted by Crippen LogP contribution is -2.58. The fourth-order valence-corrected chi connectivity index (χ4v) is 2.75. The van der Waals surface area contributed by atoms with Gasteiger partial charge in [0.2, 0.25) is 0 Å². The predicted octanol–water partition coefficient (Wildman–Crippen LogP) is 1.37. The summed E-state index contributed by atoms with van der Waals surface area (Å²) in [7, 11) is 0. The normalized spacial score (nSPS) is 17.4. The van der Waals surface area contributed by atoms with Crippen molar-refractivity contribution >= 4 is 11.9 Å². The molecule has 0 aromatic heterocycles. The molecule has 0 aromatic rings. The minimum absolute atomic E-state index is 0.474. The van der Waals surface area contributed by atoms with Gasteiger partial charge in [-0.25, -0.2) is 0 Å². The Hall–Kier alpha value is -1.06. The highest BCUT2D eigenvalue weighted by Gasteiger charge is 2.53. The summed E-state index contributed by atoms with van der Waals surface area (Å²) in [6.07, 6.45) is 2.13. The van der Waals surface area contributed by atoms with E-state index in [0.29, 0.717) is 6.42 Å². The van der Waals surface area contributed by atoms with Crippen molar-refractivity contribution in [3.63, 3.8) is 0 Å². The van der Waals surface area contributed by atoms with Crippen LogP contribution in [0, 0.1) is 22.2 Å². The molecule has 0 aromatic carbocycles. The smallest absolute Gasteiger partial charge is 0.0479 e. The van der Waals surface area contributed by atoms with Gasteiger partial charge in [-0.15, -0.1) is 0 Å². The van der Waals surface area contributed by atoms with Gasteiger partial charge < -0.3 is 19.8 Å². The summed E-state index contributed by atoms with van der Waals surface area (Å²) in [5, 5.41) is 23.0. The van der Waals surface area contributed by atoms with E-state index in [9.17, 15) is 19.8 Å². The van der Waals surface area contributed by atoms with Gasteiger partial charge in [0.15, 0.2) is 0 Å². The van der Waals surface area contributed by atoms with Crippen LogP contribution in [0.3, 0.4) is 0 Å². The average Bonchev–Trinajstić information content (AvgIpc) is 2.33. The minimum Gasteiger partial charge on any atom is -0.550 e. The van der Waals surface area contributed by atoms with Crippen molar-refractivity contribution in [1.82, 2.24) is 0 Å². The molecule has 0 spiro atoms. The van der Waals surface area contributed by atoms with Crippen LogP contribution in [0.25, 0.3) is 0 Å². The van der Waals surface area contributed by atoms with Gasteiger partial charge in [0.1, 0.15) is 0 Å². The zero-order valence-corrected chi connectivity index (χ0v) is 13.8. The first-order chi connectivity index (χ1) is 8.86. The van der Waals surface area contributed by atoms with E-state index in [2.05, 4.69) is 0 Å². The Balaban J connectivity index is 5.75. The molecular weight excluding hydrogens is 256 g/mol. The molecular formula is C16H28O4-2. The first-order valence-electron chi connectivity index (χ1n) is 7.28. The van der Waals surface area contributed by atoms with Crippen LogP contribution in [-0.2, 0) is 9.59 Å². The van der Waals surface area contributed by atoms with E-state index in [1.807, 2.05) is 20.8 Å². The number of carboxylic acids is 2. The van der Waals surface area contributed by atoms with Crippen molar-refractivity contribution < 1.29 is 19.8 Å². The minimum atomic E-state index is -1.15. The first-order valence-corrected chi connectivity index (χ1v) is 7.28. The van der Waals surface area contributed by atoms with Gasteiger partial charge in [-0.1, -0.05) is 61.3 Å². The SMILES string of the molecule is CCCCC(C)(C(=O)[O-])C(C)(C)C(C)(C)C(C)C(=O)[O-]. The summed E-state index contributed by atoms with van der Waals surface area (Å²) >= 11 is 0. The number of carbonyl (C=O) groups excluding carboxylic acids is 2. The van der Waals surface area contributed by atoms with E-state index >= 15 is 0 Å². The lowest BCUT2D eigenvalue weighted by molar-refractivity contribution is -0.333. The monoisotopic (exact) mass is 284 g/mol. The highest BCUT2D eigenvalue weighted by Crippen LogP contribution is 2.56.